The Morgan fingerprint density at radius 1 is 1.14 bits per heavy atom. The van der Waals surface area contributed by atoms with Gasteiger partial charge in [0.15, 0.2) is 5.58 Å². The van der Waals surface area contributed by atoms with E-state index in [-0.39, 0.29) is 6.03 Å². The number of aryl methyl sites for hydroxylation is 1. The van der Waals surface area contributed by atoms with Gasteiger partial charge in [-0.3, -0.25) is 0 Å². The van der Waals surface area contributed by atoms with Crippen LogP contribution in [0.1, 0.15) is 18.2 Å². The largest absolute Gasteiger partial charge is 0.356 e. The zero-order chi connectivity index (χ0) is 15.4. The summed E-state index contributed by atoms with van der Waals surface area (Å²) < 4.78 is 5.20. The number of urea groups is 1. The van der Waals surface area contributed by atoms with E-state index in [1.807, 2.05) is 48.5 Å². The zero-order valence-corrected chi connectivity index (χ0v) is 12.3. The van der Waals surface area contributed by atoms with Crippen LogP contribution in [0.2, 0.25) is 0 Å². The SMILES string of the molecule is CCc1ccc(NC(=O)NCc2noc3ccccc23)cc1. The number of hydrogen-bond acceptors (Lipinski definition) is 3. The van der Waals surface area contributed by atoms with Crippen LogP contribution in [0.4, 0.5) is 10.5 Å². The number of amides is 2. The molecule has 1 aromatic heterocycles. The number of aromatic nitrogens is 1. The van der Waals surface area contributed by atoms with Gasteiger partial charge in [0.25, 0.3) is 0 Å². The summed E-state index contributed by atoms with van der Waals surface area (Å²) in [7, 11) is 0. The second-order valence-electron chi connectivity index (χ2n) is 4.98. The molecule has 0 saturated heterocycles. The summed E-state index contributed by atoms with van der Waals surface area (Å²) >= 11 is 0. The van der Waals surface area contributed by atoms with Crippen molar-refractivity contribution >= 4 is 22.7 Å². The molecule has 0 aliphatic carbocycles. The summed E-state index contributed by atoms with van der Waals surface area (Å²) in [5.74, 6) is 0. The van der Waals surface area contributed by atoms with E-state index in [4.69, 9.17) is 4.52 Å². The number of hydrogen-bond donors (Lipinski definition) is 2. The maximum atomic E-state index is 11.9. The van der Waals surface area contributed by atoms with Gasteiger partial charge >= 0.3 is 6.03 Å². The number of fused-ring (bicyclic) bond motifs is 1. The number of benzene rings is 2. The van der Waals surface area contributed by atoms with Gasteiger partial charge in [-0.2, -0.15) is 0 Å². The van der Waals surface area contributed by atoms with Crippen LogP contribution < -0.4 is 10.6 Å². The van der Waals surface area contributed by atoms with E-state index in [0.717, 1.165) is 23.1 Å². The Balaban J connectivity index is 1.60. The molecule has 0 saturated carbocycles. The minimum atomic E-state index is -0.267. The van der Waals surface area contributed by atoms with Gasteiger partial charge in [-0.15, -0.1) is 0 Å². The Hall–Kier alpha value is -2.82. The molecule has 1 heterocycles. The quantitative estimate of drug-likeness (QED) is 0.771. The predicted molar refractivity (Wildman–Crippen MR) is 85.7 cm³/mol. The minimum Gasteiger partial charge on any atom is -0.356 e. The average Bonchev–Trinajstić information content (AvgIpc) is 2.97. The maximum absolute atomic E-state index is 11.9. The number of nitrogens with zero attached hydrogens (tertiary/aromatic N) is 1. The van der Waals surface area contributed by atoms with E-state index in [9.17, 15) is 4.79 Å². The first-order chi connectivity index (χ1) is 10.8. The highest BCUT2D eigenvalue weighted by atomic mass is 16.5. The summed E-state index contributed by atoms with van der Waals surface area (Å²) in [5, 5.41) is 10.5. The van der Waals surface area contributed by atoms with Crippen molar-refractivity contribution in [2.75, 3.05) is 5.32 Å². The third-order valence-corrected chi connectivity index (χ3v) is 3.49. The molecule has 0 aliphatic rings. The van der Waals surface area contributed by atoms with Gasteiger partial charge in [0.2, 0.25) is 0 Å². The molecule has 0 spiro atoms. The molecule has 0 aliphatic heterocycles. The normalized spacial score (nSPS) is 10.6. The highest BCUT2D eigenvalue weighted by Gasteiger charge is 2.08. The zero-order valence-electron chi connectivity index (χ0n) is 12.3. The predicted octanol–water partition coefficient (Wildman–Crippen LogP) is 3.71. The van der Waals surface area contributed by atoms with Crippen molar-refractivity contribution in [3.63, 3.8) is 0 Å². The van der Waals surface area contributed by atoms with Crippen LogP contribution >= 0.6 is 0 Å². The van der Waals surface area contributed by atoms with Crippen LogP contribution in [0.25, 0.3) is 11.0 Å². The number of carbonyl (C=O) groups is 1. The third-order valence-electron chi connectivity index (χ3n) is 3.49. The number of rotatable bonds is 4. The summed E-state index contributed by atoms with van der Waals surface area (Å²) in [5.41, 5.74) is 3.43. The summed E-state index contributed by atoms with van der Waals surface area (Å²) in [6, 6.07) is 15.1. The first kappa shape index (κ1) is 14.1. The summed E-state index contributed by atoms with van der Waals surface area (Å²) in [6.45, 7) is 2.41. The Labute approximate surface area is 128 Å². The Kier molecular flexibility index (Phi) is 4.05. The fourth-order valence-corrected chi connectivity index (χ4v) is 2.23. The fraction of sp³-hybridized carbons (Fsp3) is 0.176. The van der Waals surface area contributed by atoms with Gasteiger partial charge in [-0.25, -0.2) is 4.79 Å². The number of para-hydroxylation sites is 1. The molecule has 5 heteroatoms. The van der Waals surface area contributed by atoms with Crippen molar-refractivity contribution in [2.24, 2.45) is 0 Å². The van der Waals surface area contributed by atoms with Crippen molar-refractivity contribution in [1.82, 2.24) is 10.5 Å². The molecule has 0 atom stereocenters. The van der Waals surface area contributed by atoms with E-state index in [0.29, 0.717) is 12.2 Å². The lowest BCUT2D eigenvalue weighted by molar-refractivity contribution is 0.251. The lowest BCUT2D eigenvalue weighted by Crippen LogP contribution is -2.28. The third kappa shape index (κ3) is 3.09. The molecule has 0 bridgehead atoms. The van der Waals surface area contributed by atoms with Gasteiger partial charge in [0.1, 0.15) is 5.69 Å². The van der Waals surface area contributed by atoms with Crippen molar-refractivity contribution in [3.05, 3.63) is 59.8 Å². The second kappa shape index (κ2) is 6.30. The van der Waals surface area contributed by atoms with Gasteiger partial charge in [0, 0.05) is 11.1 Å². The Morgan fingerprint density at radius 2 is 1.91 bits per heavy atom. The van der Waals surface area contributed by atoms with Crippen LogP contribution in [0.5, 0.6) is 0 Å². The van der Waals surface area contributed by atoms with Gasteiger partial charge in [0.05, 0.1) is 6.54 Å². The molecule has 3 aromatic rings. The van der Waals surface area contributed by atoms with E-state index in [2.05, 4.69) is 22.7 Å². The first-order valence-corrected chi connectivity index (χ1v) is 7.23. The highest BCUT2D eigenvalue weighted by molar-refractivity contribution is 5.89. The van der Waals surface area contributed by atoms with Crippen LogP contribution in [0, 0.1) is 0 Å². The lowest BCUT2D eigenvalue weighted by atomic mass is 10.1. The van der Waals surface area contributed by atoms with E-state index in [1.54, 1.807) is 0 Å². The lowest BCUT2D eigenvalue weighted by Gasteiger charge is -2.07. The van der Waals surface area contributed by atoms with Gasteiger partial charge in [-0.05, 0) is 36.2 Å². The smallest absolute Gasteiger partial charge is 0.319 e. The topological polar surface area (TPSA) is 67.2 Å². The molecule has 2 N–H and O–H groups in total. The van der Waals surface area contributed by atoms with E-state index >= 15 is 0 Å². The number of carbonyl (C=O) groups excluding carboxylic acids is 1. The van der Waals surface area contributed by atoms with Gasteiger partial charge in [-0.1, -0.05) is 36.3 Å². The maximum Gasteiger partial charge on any atom is 0.319 e. The second-order valence-corrected chi connectivity index (χ2v) is 4.98. The molecule has 112 valence electrons. The van der Waals surface area contributed by atoms with Crippen molar-refractivity contribution in [2.45, 2.75) is 19.9 Å². The molecule has 0 unspecified atom stereocenters. The van der Waals surface area contributed by atoms with Crippen LogP contribution in [0.15, 0.2) is 53.1 Å². The summed E-state index contributed by atoms with van der Waals surface area (Å²) in [4.78, 5) is 11.9. The minimum absolute atomic E-state index is 0.267. The number of nitrogens with one attached hydrogen (secondary N) is 2. The molecule has 2 aromatic carbocycles. The summed E-state index contributed by atoms with van der Waals surface area (Å²) in [6.07, 6.45) is 0.978. The monoisotopic (exact) mass is 295 g/mol. The first-order valence-electron chi connectivity index (χ1n) is 7.23. The molecule has 5 nitrogen and oxygen atoms in total. The van der Waals surface area contributed by atoms with E-state index < -0.39 is 0 Å². The fourth-order valence-electron chi connectivity index (χ4n) is 2.23. The van der Waals surface area contributed by atoms with Crippen LogP contribution in [-0.4, -0.2) is 11.2 Å². The van der Waals surface area contributed by atoms with Crippen LogP contribution in [0.3, 0.4) is 0 Å². The van der Waals surface area contributed by atoms with Gasteiger partial charge < -0.3 is 15.2 Å². The van der Waals surface area contributed by atoms with Crippen LogP contribution in [-0.2, 0) is 13.0 Å². The van der Waals surface area contributed by atoms with Crippen molar-refractivity contribution < 1.29 is 9.32 Å². The van der Waals surface area contributed by atoms with E-state index in [1.165, 1.54) is 5.56 Å². The van der Waals surface area contributed by atoms with Crippen molar-refractivity contribution in [3.8, 4) is 0 Å². The molecule has 0 radical (unpaired) electrons. The molecule has 3 rings (SSSR count). The highest BCUT2D eigenvalue weighted by Crippen LogP contribution is 2.17. The Morgan fingerprint density at radius 3 is 2.68 bits per heavy atom. The van der Waals surface area contributed by atoms with Crippen molar-refractivity contribution in [1.29, 1.82) is 0 Å². The molecule has 2 amide bonds. The molecule has 0 fully saturated rings. The molecule has 22 heavy (non-hydrogen) atoms. The molecular formula is C17H17N3O2. The molecular weight excluding hydrogens is 278 g/mol. The Bertz CT molecular complexity index is 778. The number of anilines is 1. The average molecular weight is 295 g/mol. The standard InChI is InChI=1S/C17H17N3O2/c1-2-12-7-9-13(10-8-12)19-17(21)18-11-15-14-5-3-4-6-16(14)22-20-15/h3-10H,2,11H2,1H3,(H2,18,19,21).